The zero-order valence-corrected chi connectivity index (χ0v) is 17.8. The number of benzene rings is 1. The van der Waals surface area contributed by atoms with E-state index in [4.69, 9.17) is 9.15 Å². The van der Waals surface area contributed by atoms with E-state index >= 15 is 0 Å². The Balaban J connectivity index is 1.25. The second-order valence-corrected chi connectivity index (χ2v) is 8.68. The van der Waals surface area contributed by atoms with Crippen LogP contribution in [-0.2, 0) is 11.3 Å². The van der Waals surface area contributed by atoms with Crippen LogP contribution in [0.2, 0.25) is 0 Å². The van der Waals surface area contributed by atoms with Crippen LogP contribution in [0, 0.1) is 0 Å². The van der Waals surface area contributed by atoms with Crippen LogP contribution in [0.3, 0.4) is 0 Å². The fraction of sp³-hybridized carbons (Fsp3) is 0.455. The molecule has 2 aromatic rings. The molecule has 2 aliphatic rings. The van der Waals surface area contributed by atoms with Crippen LogP contribution in [0.1, 0.15) is 5.76 Å². The van der Waals surface area contributed by atoms with Crippen LogP contribution in [0.5, 0.6) is 5.75 Å². The first-order valence-corrected chi connectivity index (χ1v) is 11.5. The molecule has 2 aliphatic heterocycles. The summed E-state index contributed by atoms with van der Waals surface area (Å²) in [5, 5.41) is 0. The fourth-order valence-electron chi connectivity index (χ4n) is 3.69. The summed E-state index contributed by atoms with van der Waals surface area (Å²) in [6.07, 6.45) is 1.33. The molecule has 7 nitrogen and oxygen atoms in total. The van der Waals surface area contributed by atoms with Crippen LogP contribution in [-0.4, -0.2) is 73.1 Å². The van der Waals surface area contributed by atoms with Gasteiger partial charge in [0.25, 0.3) is 5.91 Å². The first kappa shape index (κ1) is 20.8. The zero-order valence-electron chi connectivity index (χ0n) is 17.0. The van der Waals surface area contributed by atoms with Crippen LogP contribution >= 0.6 is 11.8 Å². The number of hydrogen-bond donors (Lipinski definition) is 0. The van der Waals surface area contributed by atoms with Crippen molar-refractivity contribution in [2.45, 2.75) is 6.54 Å². The minimum absolute atomic E-state index is 0.0872. The summed E-state index contributed by atoms with van der Waals surface area (Å²) in [6.45, 7) is 5.30. The number of rotatable bonds is 6. The molecule has 0 unspecified atom stereocenters. The highest BCUT2D eigenvalue weighted by atomic mass is 32.2. The van der Waals surface area contributed by atoms with Gasteiger partial charge in [-0.05, 0) is 12.1 Å². The molecule has 1 aromatic carbocycles. The normalized spacial score (nSPS) is 17.7. The standard InChI is InChI=1S/C22H27N3O4S/c26-20-14-19(15-23-10-12-30-13-11-23)28-16-21(20)29-17-22(27)25-8-6-24(7-9-25)18-4-2-1-3-5-18/h1-5,14,16H,6-13,15,17H2. The molecule has 0 atom stereocenters. The number of anilines is 1. The van der Waals surface area contributed by atoms with Gasteiger partial charge < -0.3 is 19.0 Å². The van der Waals surface area contributed by atoms with E-state index in [0.29, 0.717) is 25.4 Å². The van der Waals surface area contributed by atoms with E-state index in [0.717, 1.165) is 37.7 Å². The van der Waals surface area contributed by atoms with Crippen molar-refractivity contribution in [3.63, 3.8) is 0 Å². The van der Waals surface area contributed by atoms with Gasteiger partial charge in [0.2, 0.25) is 11.2 Å². The van der Waals surface area contributed by atoms with Gasteiger partial charge in [-0.3, -0.25) is 14.5 Å². The molecule has 30 heavy (non-hydrogen) atoms. The van der Waals surface area contributed by atoms with Crippen LogP contribution in [0.15, 0.2) is 51.9 Å². The average molecular weight is 430 g/mol. The maximum atomic E-state index is 12.5. The monoisotopic (exact) mass is 429 g/mol. The number of carbonyl (C=O) groups is 1. The number of ether oxygens (including phenoxy) is 1. The summed E-state index contributed by atoms with van der Waals surface area (Å²) in [6, 6.07) is 11.7. The summed E-state index contributed by atoms with van der Waals surface area (Å²) < 4.78 is 11.1. The molecule has 1 amide bonds. The van der Waals surface area contributed by atoms with Gasteiger partial charge in [-0.25, -0.2) is 0 Å². The highest BCUT2D eigenvalue weighted by Crippen LogP contribution is 2.16. The Morgan fingerprint density at radius 2 is 1.77 bits per heavy atom. The van der Waals surface area contributed by atoms with Gasteiger partial charge in [0.15, 0.2) is 6.61 Å². The first-order valence-electron chi connectivity index (χ1n) is 10.3. The summed E-state index contributed by atoms with van der Waals surface area (Å²) in [7, 11) is 0. The maximum absolute atomic E-state index is 12.5. The van der Waals surface area contributed by atoms with E-state index in [9.17, 15) is 9.59 Å². The number of piperazine rings is 1. The number of amides is 1. The quantitative estimate of drug-likeness (QED) is 0.695. The predicted octanol–water partition coefficient (Wildman–Crippen LogP) is 1.92. The number of para-hydroxylation sites is 1. The molecule has 0 spiro atoms. The summed E-state index contributed by atoms with van der Waals surface area (Å²) in [5.74, 6) is 2.81. The molecule has 0 bridgehead atoms. The third-order valence-corrected chi connectivity index (χ3v) is 6.38. The molecule has 160 valence electrons. The van der Waals surface area contributed by atoms with Crippen molar-refractivity contribution >= 4 is 23.4 Å². The zero-order chi connectivity index (χ0) is 20.8. The lowest BCUT2D eigenvalue weighted by Crippen LogP contribution is -2.50. The van der Waals surface area contributed by atoms with Crippen molar-refractivity contribution in [1.29, 1.82) is 0 Å². The highest BCUT2D eigenvalue weighted by molar-refractivity contribution is 7.99. The molecule has 2 fully saturated rings. The molecular formula is C22H27N3O4S. The lowest BCUT2D eigenvalue weighted by atomic mass is 10.2. The number of thioether (sulfide) groups is 1. The Morgan fingerprint density at radius 3 is 2.47 bits per heavy atom. The van der Waals surface area contributed by atoms with Gasteiger partial charge in [-0.1, -0.05) is 18.2 Å². The van der Waals surface area contributed by atoms with E-state index in [-0.39, 0.29) is 23.7 Å². The number of hydrogen-bond acceptors (Lipinski definition) is 7. The van der Waals surface area contributed by atoms with Gasteiger partial charge in [-0.15, -0.1) is 0 Å². The lowest BCUT2D eigenvalue weighted by molar-refractivity contribution is -0.133. The molecule has 3 heterocycles. The molecule has 2 saturated heterocycles. The van der Waals surface area contributed by atoms with Gasteiger partial charge in [0.1, 0.15) is 12.0 Å². The smallest absolute Gasteiger partial charge is 0.260 e. The molecule has 1 aromatic heterocycles. The van der Waals surface area contributed by atoms with Gasteiger partial charge in [0, 0.05) is 62.5 Å². The van der Waals surface area contributed by atoms with Crippen molar-refractivity contribution in [2.24, 2.45) is 0 Å². The van der Waals surface area contributed by atoms with Crippen molar-refractivity contribution in [3.8, 4) is 5.75 Å². The van der Waals surface area contributed by atoms with E-state index in [1.165, 1.54) is 18.0 Å². The SMILES string of the molecule is O=C(COc1coc(CN2CCSCC2)cc1=O)N1CCN(c2ccccc2)CC1. The Labute approximate surface area is 180 Å². The molecule has 0 radical (unpaired) electrons. The van der Waals surface area contributed by atoms with Crippen LogP contribution in [0.4, 0.5) is 5.69 Å². The fourth-order valence-corrected chi connectivity index (χ4v) is 4.67. The van der Waals surface area contributed by atoms with Crippen molar-refractivity contribution in [3.05, 3.63) is 58.6 Å². The van der Waals surface area contributed by atoms with Crippen LogP contribution < -0.4 is 15.1 Å². The minimum atomic E-state index is -0.246. The predicted molar refractivity (Wildman–Crippen MR) is 118 cm³/mol. The van der Waals surface area contributed by atoms with Crippen molar-refractivity contribution in [2.75, 3.05) is 62.3 Å². The van der Waals surface area contributed by atoms with E-state index in [1.807, 2.05) is 30.0 Å². The Bertz CT molecular complexity index is 891. The van der Waals surface area contributed by atoms with Gasteiger partial charge >= 0.3 is 0 Å². The largest absolute Gasteiger partial charge is 0.477 e. The topological polar surface area (TPSA) is 66.2 Å². The summed E-state index contributed by atoms with van der Waals surface area (Å²) in [4.78, 5) is 31.1. The second kappa shape index (κ2) is 10.0. The molecule has 4 rings (SSSR count). The molecule has 0 saturated carbocycles. The molecule has 8 heteroatoms. The average Bonchev–Trinajstić information content (AvgIpc) is 2.80. The summed E-state index contributed by atoms with van der Waals surface area (Å²) in [5.41, 5.74) is 0.922. The highest BCUT2D eigenvalue weighted by Gasteiger charge is 2.22. The first-order chi connectivity index (χ1) is 14.7. The minimum Gasteiger partial charge on any atom is -0.477 e. The lowest BCUT2D eigenvalue weighted by Gasteiger charge is -2.36. The number of carbonyl (C=O) groups excluding carboxylic acids is 1. The van der Waals surface area contributed by atoms with E-state index in [1.54, 1.807) is 4.90 Å². The van der Waals surface area contributed by atoms with Gasteiger partial charge in [0.05, 0.1) is 6.54 Å². The van der Waals surface area contributed by atoms with Crippen molar-refractivity contribution < 1.29 is 13.9 Å². The molecule has 0 N–H and O–H groups in total. The van der Waals surface area contributed by atoms with Crippen LogP contribution in [0.25, 0.3) is 0 Å². The van der Waals surface area contributed by atoms with E-state index in [2.05, 4.69) is 21.9 Å². The second-order valence-electron chi connectivity index (χ2n) is 7.46. The Kier molecular flexibility index (Phi) is 6.96. The maximum Gasteiger partial charge on any atom is 0.260 e. The molecule has 0 aliphatic carbocycles. The Hall–Kier alpha value is -2.45. The molecular weight excluding hydrogens is 402 g/mol. The summed E-state index contributed by atoms with van der Waals surface area (Å²) >= 11 is 1.94. The third-order valence-electron chi connectivity index (χ3n) is 5.44. The van der Waals surface area contributed by atoms with Crippen molar-refractivity contribution in [1.82, 2.24) is 9.80 Å². The number of nitrogens with zero attached hydrogens (tertiary/aromatic N) is 3. The van der Waals surface area contributed by atoms with E-state index < -0.39 is 0 Å². The van der Waals surface area contributed by atoms with Gasteiger partial charge in [-0.2, -0.15) is 11.8 Å². The third kappa shape index (κ3) is 5.37. The Morgan fingerprint density at radius 1 is 1.03 bits per heavy atom.